The van der Waals surface area contributed by atoms with Gasteiger partial charge in [-0.05, 0) is 65.8 Å². The molecule has 0 aliphatic rings. The molecule has 0 atom stereocenters. The van der Waals surface area contributed by atoms with Crippen LogP contribution in [-0.2, 0) is 9.59 Å². The number of carbonyl (C=O) groups excluding carboxylic acids is 2. The Kier molecular flexibility index (Phi) is 4.58. The van der Waals surface area contributed by atoms with Crippen molar-refractivity contribution in [1.29, 1.82) is 0 Å². The van der Waals surface area contributed by atoms with E-state index in [-0.39, 0.29) is 11.6 Å². The number of carbonyl (C=O) groups is 2. The van der Waals surface area contributed by atoms with Gasteiger partial charge in [-0.3, -0.25) is 9.59 Å². The van der Waals surface area contributed by atoms with Crippen LogP contribution in [0, 0.1) is 0 Å². The maximum atomic E-state index is 11.4. The lowest BCUT2D eigenvalue weighted by Gasteiger charge is -2.25. The monoisotopic (exact) mass is 278 g/mol. The van der Waals surface area contributed by atoms with Gasteiger partial charge in [0.15, 0.2) is 22.8 Å². The van der Waals surface area contributed by atoms with E-state index < -0.39 is 11.2 Å². The van der Waals surface area contributed by atoms with E-state index in [0.29, 0.717) is 11.5 Å². The van der Waals surface area contributed by atoms with Gasteiger partial charge in [0.1, 0.15) is 11.5 Å². The van der Waals surface area contributed by atoms with Gasteiger partial charge in [-0.25, -0.2) is 0 Å². The van der Waals surface area contributed by atoms with E-state index in [4.69, 9.17) is 9.47 Å². The summed E-state index contributed by atoms with van der Waals surface area (Å²) in [7, 11) is 0. The predicted octanol–water partition coefficient (Wildman–Crippen LogP) is 3.18. The summed E-state index contributed by atoms with van der Waals surface area (Å²) in [5.74, 6) is 1.07. The van der Waals surface area contributed by atoms with Crippen molar-refractivity contribution in [2.24, 2.45) is 0 Å². The second kappa shape index (κ2) is 5.65. The van der Waals surface area contributed by atoms with Crippen molar-refractivity contribution in [1.82, 2.24) is 0 Å². The van der Waals surface area contributed by atoms with E-state index in [0.717, 1.165) is 0 Å². The minimum Gasteiger partial charge on any atom is -0.480 e. The largest absolute Gasteiger partial charge is 0.480 e. The summed E-state index contributed by atoms with van der Waals surface area (Å²) in [5.41, 5.74) is -1.72. The molecule has 0 radical (unpaired) electrons. The van der Waals surface area contributed by atoms with Crippen molar-refractivity contribution >= 4 is 11.6 Å². The number of Topliss-reactive ketones (excluding diaryl/α,β-unsaturated/α-hetero) is 2. The lowest BCUT2D eigenvalue weighted by Crippen LogP contribution is -2.36. The molecule has 4 nitrogen and oxygen atoms in total. The van der Waals surface area contributed by atoms with Crippen LogP contribution in [0.1, 0.15) is 41.5 Å². The van der Waals surface area contributed by atoms with Gasteiger partial charge in [-0.2, -0.15) is 0 Å². The lowest BCUT2D eigenvalue weighted by molar-refractivity contribution is -0.130. The first-order valence-corrected chi connectivity index (χ1v) is 6.55. The summed E-state index contributed by atoms with van der Waals surface area (Å²) in [5, 5.41) is 0. The first-order chi connectivity index (χ1) is 9.04. The molecule has 0 N–H and O–H groups in total. The van der Waals surface area contributed by atoms with E-state index in [2.05, 4.69) is 0 Å². The number of benzene rings is 1. The molecule has 0 saturated heterocycles. The summed E-state index contributed by atoms with van der Waals surface area (Å²) in [4.78, 5) is 22.8. The zero-order valence-corrected chi connectivity index (χ0v) is 12.9. The van der Waals surface area contributed by atoms with E-state index in [1.54, 1.807) is 52.0 Å². The fraction of sp³-hybridized carbons (Fsp3) is 0.500. The lowest BCUT2D eigenvalue weighted by atomic mass is 10.0. The molecular formula is C16H22O4. The summed E-state index contributed by atoms with van der Waals surface area (Å²) in [6.07, 6.45) is 0. The second-order valence-electron chi connectivity index (χ2n) is 5.81. The molecule has 1 aromatic carbocycles. The Balaban J connectivity index is 2.80. The minimum atomic E-state index is -0.860. The number of rotatable bonds is 6. The van der Waals surface area contributed by atoms with Gasteiger partial charge in [0.25, 0.3) is 0 Å². The van der Waals surface area contributed by atoms with E-state index in [1.807, 2.05) is 0 Å². The maximum absolute atomic E-state index is 11.4. The van der Waals surface area contributed by atoms with Crippen LogP contribution in [0.4, 0.5) is 0 Å². The van der Waals surface area contributed by atoms with Crippen molar-refractivity contribution in [3.05, 3.63) is 24.3 Å². The van der Waals surface area contributed by atoms with Crippen molar-refractivity contribution in [3.8, 4) is 11.5 Å². The zero-order chi connectivity index (χ0) is 15.6. The van der Waals surface area contributed by atoms with Gasteiger partial charge < -0.3 is 9.47 Å². The summed E-state index contributed by atoms with van der Waals surface area (Å²) >= 11 is 0. The van der Waals surface area contributed by atoms with Gasteiger partial charge in [-0.1, -0.05) is 0 Å². The van der Waals surface area contributed by atoms with Crippen LogP contribution in [-0.4, -0.2) is 22.8 Å². The molecule has 1 aromatic rings. The highest BCUT2D eigenvalue weighted by molar-refractivity contribution is 5.84. The van der Waals surface area contributed by atoms with E-state index in [1.165, 1.54) is 13.8 Å². The first-order valence-electron chi connectivity index (χ1n) is 6.55. The van der Waals surface area contributed by atoms with E-state index >= 15 is 0 Å². The molecule has 0 amide bonds. The molecule has 0 spiro atoms. The third-order valence-electron chi connectivity index (χ3n) is 3.27. The van der Waals surface area contributed by atoms with Crippen LogP contribution in [0.5, 0.6) is 11.5 Å². The number of hydrogen-bond acceptors (Lipinski definition) is 4. The second-order valence-corrected chi connectivity index (χ2v) is 5.81. The number of ether oxygens (including phenoxy) is 2. The fourth-order valence-corrected chi connectivity index (χ4v) is 1.31. The fourth-order valence-electron chi connectivity index (χ4n) is 1.31. The van der Waals surface area contributed by atoms with Crippen LogP contribution in [0.2, 0.25) is 0 Å². The molecule has 0 unspecified atom stereocenters. The topological polar surface area (TPSA) is 52.6 Å². The molecule has 0 heterocycles. The zero-order valence-electron chi connectivity index (χ0n) is 12.9. The first kappa shape index (κ1) is 16.2. The Morgan fingerprint density at radius 3 is 1.20 bits per heavy atom. The molecule has 0 aliphatic heterocycles. The molecule has 1 rings (SSSR count). The quantitative estimate of drug-likeness (QED) is 0.802. The Bertz CT molecular complexity index is 451. The standard InChI is InChI=1S/C16H22O4/c1-11(17)15(3,4)19-13-7-9-14(10-8-13)20-16(5,6)12(2)18/h7-10H,1-6H3. The number of ketones is 2. The number of hydrogen-bond donors (Lipinski definition) is 0. The smallest absolute Gasteiger partial charge is 0.172 e. The molecule has 0 fully saturated rings. The molecule has 0 saturated carbocycles. The minimum absolute atomic E-state index is 0.0458. The van der Waals surface area contributed by atoms with Gasteiger partial charge in [0, 0.05) is 0 Å². The van der Waals surface area contributed by atoms with E-state index in [9.17, 15) is 9.59 Å². The van der Waals surface area contributed by atoms with Crippen LogP contribution >= 0.6 is 0 Å². The van der Waals surface area contributed by atoms with Crippen molar-refractivity contribution in [3.63, 3.8) is 0 Å². The third kappa shape index (κ3) is 4.08. The molecule has 110 valence electrons. The van der Waals surface area contributed by atoms with Gasteiger partial charge in [0.05, 0.1) is 0 Å². The Morgan fingerprint density at radius 2 is 1.00 bits per heavy atom. The van der Waals surface area contributed by atoms with Crippen molar-refractivity contribution < 1.29 is 19.1 Å². The molecule has 0 bridgehead atoms. The van der Waals surface area contributed by atoms with Crippen LogP contribution in [0.15, 0.2) is 24.3 Å². The molecule has 4 heteroatoms. The van der Waals surface area contributed by atoms with Crippen LogP contribution in [0.3, 0.4) is 0 Å². The van der Waals surface area contributed by atoms with Crippen LogP contribution in [0.25, 0.3) is 0 Å². The highest BCUT2D eigenvalue weighted by Gasteiger charge is 2.27. The highest BCUT2D eigenvalue weighted by Crippen LogP contribution is 2.25. The average molecular weight is 278 g/mol. The molecule has 20 heavy (non-hydrogen) atoms. The molecular weight excluding hydrogens is 256 g/mol. The van der Waals surface area contributed by atoms with Gasteiger partial charge >= 0.3 is 0 Å². The summed E-state index contributed by atoms with van der Waals surface area (Å²) in [6.45, 7) is 9.87. The third-order valence-corrected chi connectivity index (χ3v) is 3.27. The SMILES string of the molecule is CC(=O)C(C)(C)Oc1ccc(OC(C)(C)C(C)=O)cc1. The summed E-state index contributed by atoms with van der Waals surface area (Å²) in [6, 6.07) is 6.87. The Labute approximate surface area is 120 Å². The normalized spacial score (nSPS) is 11.9. The molecule has 0 aromatic heterocycles. The van der Waals surface area contributed by atoms with Crippen molar-refractivity contribution in [2.75, 3.05) is 0 Å². The molecule has 0 aliphatic carbocycles. The highest BCUT2D eigenvalue weighted by atomic mass is 16.5. The van der Waals surface area contributed by atoms with Gasteiger partial charge in [0.2, 0.25) is 0 Å². The van der Waals surface area contributed by atoms with Crippen molar-refractivity contribution in [2.45, 2.75) is 52.7 Å². The maximum Gasteiger partial charge on any atom is 0.172 e. The average Bonchev–Trinajstić information content (AvgIpc) is 2.30. The predicted molar refractivity (Wildman–Crippen MR) is 77.2 cm³/mol. The van der Waals surface area contributed by atoms with Gasteiger partial charge in [-0.15, -0.1) is 0 Å². The summed E-state index contributed by atoms with van der Waals surface area (Å²) < 4.78 is 11.2. The Morgan fingerprint density at radius 1 is 0.750 bits per heavy atom. The van der Waals surface area contributed by atoms with Crippen LogP contribution < -0.4 is 9.47 Å². The Hall–Kier alpha value is -1.84.